The van der Waals surface area contributed by atoms with Crippen LogP contribution in [0, 0.1) is 0 Å². The highest BCUT2D eigenvalue weighted by Gasteiger charge is 2.66. The van der Waals surface area contributed by atoms with E-state index < -0.39 is 69.0 Å². The zero-order valence-corrected chi connectivity index (χ0v) is 29.9. The van der Waals surface area contributed by atoms with Crippen molar-refractivity contribution in [3.63, 3.8) is 0 Å². The number of carbonyl (C=O) groups excluding carboxylic acids is 3. The van der Waals surface area contributed by atoms with E-state index in [-0.39, 0.29) is 11.1 Å². The predicted octanol–water partition coefficient (Wildman–Crippen LogP) is 2.38. The van der Waals surface area contributed by atoms with Gasteiger partial charge in [0.2, 0.25) is 33.3 Å². The largest absolute Gasteiger partial charge is 0.466 e. The third-order valence-corrected chi connectivity index (χ3v) is 24.1. The molecule has 0 saturated carbocycles. The number of rotatable bonds is 2. The fourth-order valence-corrected chi connectivity index (χ4v) is 31.5. The molecule has 0 aromatic heterocycles. The van der Waals surface area contributed by atoms with E-state index in [2.05, 4.69) is 52.4 Å². The van der Waals surface area contributed by atoms with Gasteiger partial charge in [-0.2, -0.15) is 0 Å². The summed E-state index contributed by atoms with van der Waals surface area (Å²) in [6.45, 7) is 23.2. The molecule has 2 bridgehead atoms. The lowest BCUT2D eigenvalue weighted by molar-refractivity contribution is -0.139. The van der Waals surface area contributed by atoms with Crippen molar-refractivity contribution in [2.45, 2.75) is 90.8 Å². The topological polar surface area (TPSA) is 101 Å². The average molecular weight is 620 g/mol. The molecule has 13 heteroatoms. The van der Waals surface area contributed by atoms with Crippen LogP contribution < -0.4 is 20.7 Å². The Bertz CT molecular complexity index is 1330. The van der Waals surface area contributed by atoms with Crippen LogP contribution in [0.2, 0.25) is 52.4 Å². The maximum absolute atomic E-state index is 14.0. The molecule has 0 radical (unpaired) electrons. The molecule has 2 unspecified atom stereocenters. The van der Waals surface area contributed by atoms with E-state index >= 15 is 0 Å². The van der Waals surface area contributed by atoms with Gasteiger partial charge in [0.25, 0.3) is 0 Å². The Balaban J connectivity index is 1.98. The zero-order chi connectivity index (χ0) is 30.1. The minimum Gasteiger partial charge on any atom is -0.466 e. The van der Waals surface area contributed by atoms with Crippen LogP contribution in [0.3, 0.4) is 0 Å². The summed E-state index contributed by atoms with van der Waals surface area (Å²) in [7, 11) is -7.21. The number of methoxy groups -OCH3 is 2. The van der Waals surface area contributed by atoms with Gasteiger partial charge in [0.15, 0.2) is 0 Å². The van der Waals surface area contributed by atoms with Crippen molar-refractivity contribution in [3.05, 3.63) is 22.3 Å². The lowest BCUT2D eigenvalue weighted by Crippen LogP contribution is -2.66. The van der Waals surface area contributed by atoms with E-state index in [4.69, 9.17) is 22.4 Å². The molecule has 5 rings (SSSR count). The maximum atomic E-state index is 14.0. The van der Waals surface area contributed by atoms with Crippen LogP contribution in [-0.4, -0.2) is 76.0 Å². The molecule has 1 aromatic rings. The zero-order valence-electron chi connectivity index (χ0n) is 25.9. The smallest absolute Gasteiger partial charge is 0.411 e. The molecule has 40 heavy (non-hydrogen) atoms. The van der Waals surface area contributed by atoms with Crippen molar-refractivity contribution in [2.75, 3.05) is 14.2 Å². The highest BCUT2D eigenvalue weighted by atomic mass is 28.4. The Morgan fingerprint density at radius 3 is 1.27 bits per heavy atom. The summed E-state index contributed by atoms with van der Waals surface area (Å²) in [5, 5.41) is 4.88. The Hall–Kier alpha value is -2.04. The first-order valence-electron chi connectivity index (χ1n) is 13.7. The van der Waals surface area contributed by atoms with E-state index in [1.165, 1.54) is 24.6 Å². The van der Waals surface area contributed by atoms with Crippen LogP contribution >= 0.6 is 0 Å². The molecule has 1 aromatic carbocycles. The number of carbonyl (C=O) groups is 3. The van der Waals surface area contributed by atoms with E-state index in [1.807, 2.05) is 0 Å². The molecule has 1 amide bonds. The van der Waals surface area contributed by atoms with Crippen LogP contribution in [0.15, 0.2) is 11.1 Å². The van der Waals surface area contributed by atoms with E-state index in [0.717, 1.165) is 21.5 Å². The molecule has 0 saturated heterocycles. The lowest BCUT2D eigenvalue weighted by atomic mass is 9.85. The van der Waals surface area contributed by atoms with Crippen molar-refractivity contribution >= 4 is 72.0 Å². The summed E-state index contributed by atoms with van der Waals surface area (Å²) >= 11 is 0. The van der Waals surface area contributed by atoms with Crippen molar-refractivity contribution in [2.24, 2.45) is 0 Å². The monoisotopic (exact) mass is 619 g/mol. The summed E-state index contributed by atoms with van der Waals surface area (Å²) in [5.41, 5.74) is 1.34. The second-order valence-corrected chi connectivity index (χ2v) is 29.8. The quantitative estimate of drug-likeness (QED) is 0.283. The SMILES string of the molecule is COC(=O)C1=C(C(=O)OC)C2c3c(c4c(c5c3[Si](C)(C)O[Si]5(C)C)[Si](C)(C)O[Si]4(C)C)C1N2C(=O)OC(C)(C)C. The van der Waals surface area contributed by atoms with Crippen molar-refractivity contribution in [1.82, 2.24) is 4.90 Å². The summed E-state index contributed by atoms with van der Waals surface area (Å²) in [6, 6.07) is -1.69. The van der Waals surface area contributed by atoms with Gasteiger partial charge in [-0.1, -0.05) is 0 Å². The van der Waals surface area contributed by atoms with Gasteiger partial charge >= 0.3 is 18.0 Å². The number of nitrogens with zero attached hydrogens (tertiary/aromatic N) is 1. The van der Waals surface area contributed by atoms with Gasteiger partial charge in [-0.15, -0.1) is 0 Å². The number of hydrogen-bond donors (Lipinski definition) is 0. The first kappa shape index (κ1) is 29.4. The molecule has 4 aliphatic heterocycles. The molecule has 4 heterocycles. The van der Waals surface area contributed by atoms with Gasteiger partial charge < -0.3 is 22.4 Å². The molecule has 0 aliphatic carbocycles. The first-order valence-corrected chi connectivity index (χ1v) is 25.3. The molecule has 4 aliphatic rings. The van der Waals surface area contributed by atoms with Gasteiger partial charge in [0.1, 0.15) is 5.60 Å². The summed E-state index contributed by atoms with van der Waals surface area (Å²) < 4.78 is 30.4. The summed E-state index contributed by atoms with van der Waals surface area (Å²) in [6.07, 6.45) is -0.591. The maximum Gasteiger partial charge on any atom is 0.411 e. The number of amides is 1. The molecule has 0 N–H and O–H groups in total. The van der Waals surface area contributed by atoms with Crippen molar-refractivity contribution in [3.8, 4) is 0 Å². The minimum absolute atomic E-state index is 0.144. The number of benzene rings is 1. The number of fused-ring (bicyclic) bond motifs is 10. The molecule has 9 nitrogen and oxygen atoms in total. The van der Waals surface area contributed by atoms with Gasteiger partial charge in [0.05, 0.1) is 37.4 Å². The van der Waals surface area contributed by atoms with E-state index in [1.54, 1.807) is 25.7 Å². The van der Waals surface area contributed by atoms with E-state index in [9.17, 15) is 14.4 Å². The standard InChI is InChI=1S/C27H41NO8Si4/c1-27(2,3)34-26(31)28-18-14-15(19(28)17(25(30)33-5)16(18)24(29)32-4)21-23(40(12,13)36-38(21,8)9)22-20(14)37(6,7)35-39(22,10)11/h18-19H,1-13H3. The van der Waals surface area contributed by atoms with Gasteiger partial charge in [-0.25, -0.2) is 14.4 Å². The first-order chi connectivity index (χ1) is 18.1. The third-order valence-electron chi connectivity index (χ3n) is 8.36. The van der Waals surface area contributed by atoms with Crippen LogP contribution in [-0.2, 0) is 32.0 Å². The molecule has 218 valence electrons. The highest BCUT2D eigenvalue weighted by Crippen LogP contribution is 2.57. The van der Waals surface area contributed by atoms with Gasteiger partial charge in [-0.05, 0) is 105 Å². The second kappa shape index (κ2) is 8.50. The Labute approximate surface area is 240 Å². The van der Waals surface area contributed by atoms with Gasteiger partial charge in [0, 0.05) is 0 Å². The summed E-state index contributed by atoms with van der Waals surface area (Å²) in [4.78, 5) is 42.5. The minimum atomic E-state index is -2.51. The number of hydrogen-bond acceptors (Lipinski definition) is 8. The average Bonchev–Trinajstić information content (AvgIpc) is 3.41. The van der Waals surface area contributed by atoms with Crippen LogP contribution in [0.5, 0.6) is 0 Å². The highest BCUT2D eigenvalue weighted by molar-refractivity contribution is 7.14. The van der Waals surface area contributed by atoms with Crippen LogP contribution in [0.1, 0.15) is 44.0 Å². The molecule has 0 spiro atoms. The molecular formula is C27H41NO8Si4. The van der Waals surface area contributed by atoms with Crippen molar-refractivity contribution in [1.29, 1.82) is 0 Å². The van der Waals surface area contributed by atoms with E-state index in [0.29, 0.717) is 0 Å². The Morgan fingerprint density at radius 2 is 0.975 bits per heavy atom. The lowest BCUT2D eigenvalue weighted by Gasteiger charge is -2.30. The Kier molecular flexibility index (Phi) is 6.26. The fraction of sp³-hybridized carbons (Fsp3) is 0.593. The molecule has 2 atom stereocenters. The summed E-state index contributed by atoms with van der Waals surface area (Å²) in [5.74, 6) is -1.31. The van der Waals surface area contributed by atoms with Gasteiger partial charge in [-0.3, -0.25) is 4.90 Å². The number of esters is 2. The van der Waals surface area contributed by atoms with Crippen LogP contribution in [0.25, 0.3) is 0 Å². The second-order valence-electron chi connectivity index (χ2n) is 14.1. The fourth-order valence-electron chi connectivity index (χ4n) is 7.77. The predicted molar refractivity (Wildman–Crippen MR) is 162 cm³/mol. The third kappa shape index (κ3) is 3.84. The molecule has 0 fully saturated rings. The van der Waals surface area contributed by atoms with Crippen LogP contribution in [0.4, 0.5) is 4.79 Å². The van der Waals surface area contributed by atoms with Crippen molar-refractivity contribution < 1.29 is 36.8 Å². The molecular weight excluding hydrogens is 579 g/mol. The number of ether oxygens (including phenoxy) is 3. The Morgan fingerprint density at radius 1 is 0.650 bits per heavy atom. The normalized spacial score (nSPS) is 25.9.